The predicted octanol–water partition coefficient (Wildman–Crippen LogP) is 2.52. The number of carbonyl (C=O) groups excluding carboxylic acids is 1. The van der Waals surface area contributed by atoms with Gasteiger partial charge in [0, 0.05) is 47.3 Å². The Hall–Kier alpha value is -1.75. The number of halogens is 1. The summed E-state index contributed by atoms with van der Waals surface area (Å²) in [6, 6.07) is 3.44. The van der Waals surface area contributed by atoms with E-state index in [9.17, 15) is 4.79 Å². The lowest BCUT2D eigenvalue weighted by atomic mass is 10.1. The van der Waals surface area contributed by atoms with Gasteiger partial charge < -0.3 is 21.4 Å². The van der Waals surface area contributed by atoms with Crippen molar-refractivity contribution < 1.29 is 4.79 Å². The van der Waals surface area contributed by atoms with E-state index in [0.29, 0.717) is 35.1 Å². The van der Waals surface area contributed by atoms with Gasteiger partial charge in [-0.15, -0.1) is 0 Å². The Morgan fingerprint density at radius 3 is 2.57 bits per heavy atom. The van der Waals surface area contributed by atoms with E-state index in [0.717, 1.165) is 12.2 Å². The normalized spacial score (nSPS) is 12.0. The molecule has 21 heavy (non-hydrogen) atoms. The van der Waals surface area contributed by atoms with E-state index in [1.165, 1.54) is 6.21 Å². The number of hydrogen-bond acceptors (Lipinski definition) is 4. The molecule has 116 valence electrons. The highest BCUT2D eigenvalue weighted by Gasteiger charge is 2.17. The molecule has 0 fully saturated rings. The lowest BCUT2D eigenvalue weighted by Crippen LogP contribution is -2.40. The van der Waals surface area contributed by atoms with Crippen LogP contribution in [0.3, 0.4) is 0 Å². The van der Waals surface area contributed by atoms with Crippen molar-refractivity contribution in [1.29, 1.82) is 5.41 Å². The van der Waals surface area contributed by atoms with Crippen LogP contribution in [-0.4, -0.2) is 31.8 Å². The summed E-state index contributed by atoms with van der Waals surface area (Å²) in [4.78, 5) is 12.7. The molecule has 1 rings (SSSR count). The van der Waals surface area contributed by atoms with Gasteiger partial charge in [-0.25, -0.2) is 0 Å². The summed E-state index contributed by atoms with van der Waals surface area (Å²) < 4.78 is 0. The number of nitrogen functional groups attached to an aromatic ring is 1. The Balaban J connectivity index is 3.18. The van der Waals surface area contributed by atoms with Gasteiger partial charge in [0.15, 0.2) is 0 Å². The van der Waals surface area contributed by atoms with Crippen LogP contribution >= 0.6 is 11.6 Å². The molecule has 1 amide bonds. The van der Waals surface area contributed by atoms with Crippen LogP contribution in [0, 0.1) is 11.3 Å². The van der Waals surface area contributed by atoms with Crippen molar-refractivity contribution in [3.8, 4) is 0 Å². The van der Waals surface area contributed by atoms with Crippen LogP contribution < -0.4 is 16.0 Å². The molecule has 0 aliphatic carbocycles. The minimum absolute atomic E-state index is 0.0139. The number of nitrogens with one attached hydrogen (secondary N) is 2. The highest BCUT2D eigenvalue weighted by atomic mass is 35.5. The third-order valence-electron chi connectivity index (χ3n) is 3.07. The van der Waals surface area contributed by atoms with Gasteiger partial charge in [0.25, 0.3) is 0 Å². The third-order valence-corrected chi connectivity index (χ3v) is 3.29. The van der Waals surface area contributed by atoms with Crippen molar-refractivity contribution >= 4 is 35.6 Å². The lowest BCUT2D eigenvalue weighted by molar-refractivity contribution is -0.110. The van der Waals surface area contributed by atoms with Crippen LogP contribution in [0.25, 0.3) is 0 Å². The van der Waals surface area contributed by atoms with Crippen LogP contribution in [0.2, 0.25) is 5.02 Å². The summed E-state index contributed by atoms with van der Waals surface area (Å²) in [5, 5.41) is 10.9. The Morgan fingerprint density at radius 1 is 1.38 bits per heavy atom. The Labute approximate surface area is 131 Å². The van der Waals surface area contributed by atoms with Gasteiger partial charge >= 0.3 is 0 Å². The highest BCUT2D eigenvalue weighted by molar-refractivity contribution is 6.31. The van der Waals surface area contributed by atoms with Gasteiger partial charge in [-0.1, -0.05) is 25.4 Å². The molecule has 1 aromatic rings. The monoisotopic (exact) mass is 310 g/mol. The summed E-state index contributed by atoms with van der Waals surface area (Å²) in [7, 11) is 0. The average molecular weight is 311 g/mol. The highest BCUT2D eigenvalue weighted by Crippen LogP contribution is 2.29. The number of nitrogens with zero attached hydrogens (tertiary/aromatic N) is 1. The van der Waals surface area contributed by atoms with Crippen molar-refractivity contribution in [2.45, 2.75) is 26.8 Å². The Kier molecular flexibility index (Phi) is 6.49. The number of anilines is 2. The topological polar surface area (TPSA) is 82.2 Å². The number of amides is 1. The number of hydrogen-bond donors (Lipinski definition) is 3. The fourth-order valence-electron chi connectivity index (χ4n) is 2.25. The van der Waals surface area contributed by atoms with E-state index in [-0.39, 0.29) is 6.04 Å². The van der Waals surface area contributed by atoms with E-state index < -0.39 is 0 Å². The quantitative estimate of drug-likeness (QED) is 0.392. The molecule has 0 heterocycles. The molecule has 0 bridgehead atoms. The smallest absolute Gasteiger partial charge is 0.207 e. The molecule has 0 aliphatic rings. The van der Waals surface area contributed by atoms with Crippen molar-refractivity contribution in [3.63, 3.8) is 0 Å². The van der Waals surface area contributed by atoms with Crippen LogP contribution in [0.15, 0.2) is 12.1 Å². The molecule has 5 nitrogen and oxygen atoms in total. The maximum atomic E-state index is 10.6. The average Bonchev–Trinajstić information content (AvgIpc) is 2.36. The Bertz CT molecular complexity index is 505. The number of benzene rings is 1. The van der Waals surface area contributed by atoms with Gasteiger partial charge in [0.2, 0.25) is 6.41 Å². The molecule has 1 aromatic carbocycles. The first-order valence-electron chi connectivity index (χ1n) is 6.93. The van der Waals surface area contributed by atoms with Crippen LogP contribution in [0.5, 0.6) is 0 Å². The van der Waals surface area contributed by atoms with Gasteiger partial charge in [-0.3, -0.25) is 4.79 Å². The van der Waals surface area contributed by atoms with Gasteiger partial charge in [0.1, 0.15) is 0 Å². The minimum Gasteiger partial charge on any atom is -0.398 e. The van der Waals surface area contributed by atoms with Crippen molar-refractivity contribution in [2.24, 2.45) is 5.92 Å². The molecule has 0 saturated heterocycles. The van der Waals surface area contributed by atoms with Crippen molar-refractivity contribution in [2.75, 3.05) is 23.7 Å². The van der Waals surface area contributed by atoms with E-state index in [2.05, 4.69) is 24.1 Å². The van der Waals surface area contributed by atoms with Crippen LogP contribution in [-0.2, 0) is 4.79 Å². The number of carbonyl (C=O) groups is 1. The first-order chi connectivity index (χ1) is 9.88. The molecule has 6 heteroatoms. The van der Waals surface area contributed by atoms with Gasteiger partial charge in [-0.05, 0) is 25.0 Å². The standard InChI is InChI=1S/C15H23ClN4O/c1-10(2)7-20(8-11(3)19-9-21)15-5-12(16)4-14(18)13(15)6-17/h4-6,9-11,17H,7-8,18H2,1-3H3,(H,19,21). The lowest BCUT2D eigenvalue weighted by Gasteiger charge is -2.31. The van der Waals surface area contributed by atoms with Crippen LogP contribution in [0.4, 0.5) is 11.4 Å². The fourth-order valence-corrected chi connectivity index (χ4v) is 2.48. The summed E-state index contributed by atoms with van der Waals surface area (Å²) in [5.74, 6) is 0.423. The largest absolute Gasteiger partial charge is 0.398 e. The fraction of sp³-hybridized carbons (Fsp3) is 0.467. The first-order valence-corrected chi connectivity index (χ1v) is 7.31. The maximum Gasteiger partial charge on any atom is 0.207 e. The summed E-state index contributed by atoms with van der Waals surface area (Å²) in [6.45, 7) is 7.56. The Morgan fingerprint density at radius 2 is 2.05 bits per heavy atom. The summed E-state index contributed by atoms with van der Waals surface area (Å²) in [5.41, 5.74) is 7.91. The zero-order valence-corrected chi connectivity index (χ0v) is 13.4. The molecule has 0 spiro atoms. The van der Waals surface area contributed by atoms with E-state index >= 15 is 0 Å². The van der Waals surface area contributed by atoms with E-state index in [4.69, 9.17) is 22.7 Å². The SMILES string of the molecule is CC(C)CN(CC(C)NC=O)c1cc(Cl)cc(N)c1C=N. The van der Waals surface area contributed by atoms with Crippen molar-refractivity contribution in [1.82, 2.24) is 5.32 Å². The molecule has 4 N–H and O–H groups in total. The zero-order chi connectivity index (χ0) is 16.0. The first kappa shape index (κ1) is 17.3. The van der Waals surface area contributed by atoms with Gasteiger partial charge in [0.05, 0.1) is 0 Å². The van der Waals surface area contributed by atoms with E-state index in [1.54, 1.807) is 6.07 Å². The second-order valence-electron chi connectivity index (χ2n) is 5.56. The molecule has 0 aromatic heterocycles. The van der Waals surface area contributed by atoms with Crippen LogP contribution in [0.1, 0.15) is 26.3 Å². The summed E-state index contributed by atoms with van der Waals surface area (Å²) in [6.07, 6.45) is 1.94. The molecule has 0 aliphatic heterocycles. The van der Waals surface area contributed by atoms with Gasteiger partial charge in [-0.2, -0.15) is 0 Å². The second-order valence-corrected chi connectivity index (χ2v) is 5.99. The number of rotatable bonds is 8. The predicted molar refractivity (Wildman–Crippen MR) is 89.5 cm³/mol. The van der Waals surface area contributed by atoms with Crippen molar-refractivity contribution in [3.05, 3.63) is 22.7 Å². The molecular weight excluding hydrogens is 288 g/mol. The maximum absolute atomic E-state index is 10.6. The second kappa shape index (κ2) is 7.88. The molecule has 0 saturated carbocycles. The molecular formula is C15H23ClN4O. The minimum atomic E-state index is -0.0139. The van der Waals surface area contributed by atoms with E-state index in [1.807, 2.05) is 13.0 Å². The molecule has 1 unspecified atom stereocenters. The molecule has 1 atom stereocenters. The third kappa shape index (κ3) is 4.93. The number of nitrogens with two attached hydrogens (primary N) is 1. The summed E-state index contributed by atoms with van der Waals surface area (Å²) >= 11 is 6.10. The molecule has 0 radical (unpaired) electrons. The zero-order valence-electron chi connectivity index (χ0n) is 12.7.